The number of hydrogen-bond acceptors (Lipinski definition) is 2. The predicted octanol–water partition coefficient (Wildman–Crippen LogP) is 2.30. The summed E-state index contributed by atoms with van der Waals surface area (Å²) in [5.74, 6) is -1.43. The van der Waals surface area contributed by atoms with Crippen molar-refractivity contribution in [3.05, 3.63) is 33.8 Å². The molecule has 0 unspecified atom stereocenters. The molecule has 1 amide bonds. The van der Waals surface area contributed by atoms with Gasteiger partial charge in [0.2, 0.25) is 5.91 Å². The van der Waals surface area contributed by atoms with E-state index >= 15 is 0 Å². The van der Waals surface area contributed by atoms with Crippen LogP contribution in [0.25, 0.3) is 0 Å². The van der Waals surface area contributed by atoms with Gasteiger partial charge in [-0.3, -0.25) is 9.59 Å². The largest absolute Gasteiger partial charge is 0.480 e. The quantitative estimate of drug-likeness (QED) is 0.893. The fourth-order valence-corrected chi connectivity index (χ4v) is 2.47. The number of carboxylic acid groups (broad SMARTS) is 1. The van der Waals surface area contributed by atoms with E-state index in [-0.39, 0.29) is 24.3 Å². The third-order valence-corrected chi connectivity index (χ3v) is 3.47. The molecule has 18 heavy (non-hydrogen) atoms. The molecule has 1 aromatic rings. The van der Waals surface area contributed by atoms with Gasteiger partial charge in [0.1, 0.15) is 6.54 Å². The lowest BCUT2D eigenvalue weighted by molar-refractivity contribution is -0.138. The van der Waals surface area contributed by atoms with Crippen molar-refractivity contribution in [2.75, 3.05) is 6.54 Å². The second-order valence-electron chi connectivity index (χ2n) is 4.23. The summed E-state index contributed by atoms with van der Waals surface area (Å²) in [6, 6.07) is 5.18. The SMILES string of the molecule is O=C(O)CNC(=O)[C@H]1C[C@@H]1c1ccc(Cl)cc1Cl. The van der Waals surface area contributed by atoms with Crippen LogP contribution in [0.3, 0.4) is 0 Å². The number of carbonyl (C=O) groups is 2. The molecule has 2 N–H and O–H groups in total. The standard InChI is InChI=1S/C12H11Cl2NO3/c13-6-1-2-7(10(14)3-6)8-4-9(8)12(18)15-5-11(16)17/h1-3,8-9H,4-5H2,(H,15,18)(H,16,17)/t8-,9+/m1/s1. The molecule has 0 heterocycles. The highest BCUT2D eigenvalue weighted by Crippen LogP contribution is 2.49. The van der Waals surface area contributed by atoms with Crippen LogP contribution in [0.4, 0.5) is 0 Å². The van der Waals surface area contributed by atoms with E-state index < -0.39 is 5.97 Å². The summed E-state index contributed by atoms with van der Waals surface area (Å²) >= 11 is 11.8. The van der Waals surface area contributed by atoms with Crippen LogP contribution in [0.2, 0.25) is 10.0 Å². The Morgan fingerprint density at radius 2 is 2.11 bits per heavy atom. The Kier molecular flexibility index (Phi) is 3.78. The zero-order chi connectivity index (χ0) is 13.3. The number of hydrogen-bond donors (Lipinski definition) is 2. The van der Waals surface area contributed by atoms with Gasteiger partial charge in [-0.2, -0.15) is 0 Å². The summed E-state index contributed by atoms with van der Waals surface area (Å²) in [6.45, 7) is -0.351. The molecular formula is C12H11Cl2NO3. The summed E-state index contributed by atoms with van der Waals surface area (Å²) in [5, 5.41) is 11.9. The lowest BCUT2D eigenvalue weighted by atomic mass is 10.1. The van der Waals surface area contributed by atoms with E-state index in [1.54, 1.807) is 18.2 Å². The van der Waals surface area contributed by atoms with Crippen molar-refractivity contribution in [1.29, 1.82) is 0 Å². The van der Waals surface area contributed by atoms with Crippen LogP contribution in [0, 0.1) is 5.92 Å². The fraction of sp³-hybridized carbons (Fsp3) is 0.333. The Hall–Kier alpha value is -1.26. The van der Waals surface area contributed by atoms with E-state index in [1.807, 2.05) is 0 Å². The molecule has 6 heteroatoms. The van der Waals surface area contributed by atoms with Crippen molar-refractivity contribution in [1.82, 2.24) is 5.32 Å². The third kappa shape index (κ3) is 2.94. The lowest BCUT2D eigenvalue weighted by Gasteiger charge is -2.04. The van der Waals surface area contributed by atoms with Gasteiger partial charge in [-0.25, -0.2) is 0 Å². The average molecular weight is 288 g/mol. The molecule has 0 saturated heterocycles. The first-order valence-corrected chi connectivity index (χ1v) is 6.19. The van der Waals surface area contributed by atoms with E-state index in [0.29, 0.717) is 16.5 Å². The number of carbonyl (C=O) groups excluding carboxylic acids is 1. The summed E-state index contributed by atoms with van der Waals surface area (Å²) in [4.78, 5) is 22.0. The molecule has 1 aromatic carbocycles. The minimum absolute atomic E-state index is 0.0589. The van der Waals surface area contributed by atoms with Gasteiger partial charge >= 0.3 is 5.97 Å². The molecule has 2 rings (SSSR count). The van der Waals surface area contributed by atoms with Gasteiger partial charge < -0.3 is 10.4 Å². The van der Waals surface area contributed by atoms with Crippen LogP contribution in [0.1, 0.15) is 17.9 Å². The van der Waals surface area contributed by atoms with E-state index in [4.69, 9.17) is 28.3 Å². The monoisotopic (exact) mass is 287 g/mol. The topological polar surface area (TPSA) is 66.4 Å². The molecule has 1 saturated carbocycles. The van der Waals surface area contributed by atoms with Crippen LogP contribution >= 0.6 is 23.2 Å². The van der Waals surface area contributed by atoms with Crippen molar-refractivity contribution < 1.29 is 14.7 Å². The maximum atomic E-state index is 11.6. The van der Waals surface area contributed by atoms with Crippen LogP contribution in [0.15, 0.2) is 18.2 Å². The summed E-state index contributed by atoms with van der Waals surface area (Å²) in [7, 11) is 0. The molecule has 1 fully saturated rings. The smallest absolute Gasteiger partial charge is 0.322 e. The Bertz CT molecular complexity index is 504. The first-order valence-electron chi connectivity index (χ1n) is 5.43. The molecule has 0 radical (unpaired) electrons. The van der Waals surface area contributed by atoms with E-state index in [9.17, 15) is 9.59 Å². The summed E-state index contributed by atoms with van der Waals surface area (Å²) in [5.41, 5.74) is 0.886. The minimum Gasteiger partial charge on any atom is -0.480 e. The van der Waals surface area contributed by atoms with Gasteiger partial charge in [0, 0.05) is 16.0 Å². The summed E-state index contributed by atoms with van der Waals surface area (Å²) < 4.78 is 0. The first kappa shape index (κ1) is 13.2. The van der Waals surface area contributed by atoms with Gasteiger partial charge in [0.15, 0.2) is 0 Å². The van der Waals surface area contributed by atoms with Gasteiger partial charge in [-0.1, -0.05) is 29.3 Å². The molecule has 0 aliphatic heterocycles. The van der Waals surface area contributed by atoms with Crippen molar-refractivity contribution in [3.63, 3.8) is 0 Å². The fourth-order valence-electron chi connectivity index (χ4n) is 1.92. The second-order valence-corrected chi connectivity index (χ2v) is 5.07. The molecule has 1 aliphatic rings. The van der Waals surface area contributed by atoms with E-state index in [2.05, 4.69) is 5.32 Å². The van der Waals surface area contributed by atoms with Crippen molar-refractivity contribution in [2.24, 2.45) is 5.92 Å². The Morgan fingerprint density at radius 1 is 1.39 bits per heavy atom. The molecule has 2 atom stereocenters. The molecule has 0 bridgehead atoms. The number of halogens is 2. The number of amides is 1. The predicted molar refractivity (Wildman–Crippen MR) is 68.0 cm³/mol. The number of rotatable bonds is 4. The number of nitrogens with one attached hydrogen (secondary N) is 1. The highest BCUT2D eigenvalue weighted by Gasteiger charge is 2.44. The van der Waals surface area contributed by atoms with Crippen molar-refractivity contribution in [3.8, 4) is 0 Å². The molecule has 0 aromatic heterocycles. The molecule has 1 aliphatic carbocycles. The molecular weight excluding hydrogens is 277 g/mol. The highest BCUT2D eigenvalue weighted by atomic mass is 35.5. The van der Waals surface area contributed by atoms with Crippen molar-refractivity contribution >= 4 is 35.1 Å². The van der Waals surface area contributed by atoms with Crippen LogP contribution in [0.5, 0.6) is 0 Å². The minimum atomic E-state index is -1.05. The number of aliphatic carboxylic acids is 1. The maximum Gasteiger partial charge on any atom is 0.322 e. The Morgan fingerprint density at radius 3 is 2.72 bits per heavy atom. The van der Waals surface area contributed by atoms with Crippen LogP contribution in [-0.4, -0.2) is 23.5 Å². The molecule has 4 nitrogen and oxygen atoms in total. The van der Waals surface area contributed by atoms with E-state index in [0.717, 1.165) is 5.56 Å². The van der Waals surface area contributed by atoms with Gasteiger partial charge in [0.25, 0.3) is 0 Å². The van der Waals surface area contributed by atoms with Gasteiger partial charge in [-0.05, 0) is 30.0 Å². The normalized spacial score (nSPS) is 21.4. The van der Waals surface area contributed by atoms with Gasteiger partial charge in [-0.15, -0.1) is 0 Å². The Balaban J connectivity index is 1.98. The Labute approximate surface area is 114 Å². The lowest BCUT2D eigenvalue weighted by Crippen LogP contribution is -2.30. The molecule has 96 valence electrons. The first-order chi connectivity index (χ1) is 8.49. The van der Waals surface area contributed by atoms with Crippen LogP contribution in [-0.2, 0) is 9.59 Å². The van der Waals surface area contributed by atoms with Crippen molar-refractivity contribution in [2.45, 2.75) is 12.3 Å². The number of carboxylic acids is 1. The molecule has 0 spiro atoms. The zero-order valence-corrected chi connectivity index (χ0v) is 10.8. The van der Waals surface area contributed by atoms with Crippen LogP contribution < -0.4 is 5.32 Å². The highest BCUT2D eigenvalue weighted by molar-refractivity contribution is 6.35. The van der Waals surface area contributed by atoms with Gasteiger partial charge in [0.05, 0.1) is 0 Å². The van der Waals surface area contributed by atoms with E-state index in [1.165, 1.54) is 0 Å². The summed E-state index contributed by atoms with van der Waals surface area (Å²) in [6.07, 6.45) is 0.687. The third-order valence-electron chi connectivity index (χ3n) is 2.90. The maximum absolute atomic E-state index is 11.6. The number of benzene rings is 1. The zero-order valence-electron chi connectivity index (χ0n) is 9.32. The average Bonchev–Trinajstić information content (AvgIpc) is 3.05. The second kappa shape index (κ2) is 5.16.